The fourth-order valence-electron chi connectivity index (χ4n) is 3.43. The summed E-state index contributed by atoms with van der Waals surface area (Å²) < 4.78 is 0. The lowest BCUT2D eigenvalue weighted by Gasteiger charge is -2.11. The van der Waals surface area contributed by atoms with Crippen molar-refractivity contribution in [3.05, 3.63) is 82.5 Å². The first kappa shape index (κ1) is 18.1. The number of aromatic nitrogens is 2. The summed E-state index contributed by atoms with van der Waals surface area (Å²) in [6.07, 6.45) is 1.75. The average Bonchev–Trinajstić information content (AvgIpc) is 2.67. The number of primary amides is 1. The second-order valence-corrected chi connectivity index (χ2v) is 7.28. The van der Waals surface area contributed by atoms with E-state index in [1.807, 2.05) is 56.3 Å². The number of benzene rings is 3. The second-order valence-electron chi connectivity index (χ2n) is 6.85. The highest BCUT2D eigenvalue weighted by Crippen LogP contribution is 2.33. The number of halogens is 1. The van der Waals surface area contributed by atoms with Gasteiger partial charge in [0.2, 0.25) is 5.91 Å². The van der Waals surface area contributed by atoms with E-state index < -0.39 is 5.91 Å². The van der Waals surface area contributed by atoms with Crippen LogP contribution in [0, 0.1) is 13.8 Å². The predicted molar refractivity (Wildman–Crippen MR) is 113 cm³/mol. The predicted octanol–water partition coefficient (Wildman–Crippen LogP) is 5.33. The van der Waals surface area contributed by atoms with Crippen LogP contribution in [-0.2, 0) is 0 Å². The summed E-state index contributed by atoms with van der Waals surface area (Å²) in [5.41, 5.74) is 11.8. The third kappa shape index (κ3) is 3.23. The molecule has 0 spiro atoms. The molecule has 4 aromatic rings. The maximum absolute atomic E-state index is 11.6. The molecular formula is C23H18ClN3O. The van der Waals surface area contributed by atoms with Gasteiger partial charge in [0, 0.05) is 26.9 Å². The van der Waals surface area contributed by atoms with Crippen LogP contribution in [0.5, 0.6) is 0 Å². The van der Waals surface area contributed by atoms with Gasteiger partial charge in [-0.2, -0.15) is 5.10 Å². The number of aryl methyl sites for hydroxylation is 2. The van der Waals surface area contributed by atoms with E-state index in [1.165, 1.54) is 0 Å². The van der Waals surface area contributed by atoms with Gasteiger partial charge < -0.3 is 5.73 Å². The Labute approximate surface area is 168 Å². The molecule has 4 nitrogen and oxygen atoms in total. The third-order valence-corrected chi connectivity index (χ3v) is 5.17. The minimum atomic E-state index is -0.437. The number of fused-ring (bicyclic) bond motifs is 1. The molecule has 0 fully saturated rings. The van der Waals surface area contributed by atoms with Crippen LogP contribution in [0.2, 0.25) is 5.02 Å². The van der Waals surface area contributed by atoms with E-state index in [9.17, 15) is 4.79 Å². The van der Waals surface area contributed by atoms with Crippen molar-refractivity contribution in [1.29, 1.82) is 0 Å². The molecule has 3 aromatic carbocycles. The summed E-state index contributed by atoms with van der Waals surface area (Å²) in [5.74, 6) is -0.437. The van der Waals surface area contributed by atoms with Crippen LogP contribution in [0.25, 0.3) is 33.2 Å². The summed E-state index contributed by atoms with van der Waals surface area (Å²) in [4.78, 5) is 11.6. The van der Waals surface area contributed by atoms with E-state index in [0.29, 0.717) is 10.6 Å². The van der Waals surface area contributed by atoms with Crippen LogP contribution in [0.15, 0.2) is 60.8 Å². The van der Waals surface area contributed by atoms with Gasteiger partial charge in [-0.3, -0.25) is 4.79 Å². The van der Waals surface area contributed by atoms with Crippen molar-refractivity contribution in [2.75, 3.05) is 0 Å². The van der Waals surface area contributed by atoms with Crippen molar-refractivity contribution in [2.45, 2.75) is 13.8 Å². The molecule has 0 bridgehead atoms. The van der Waals surface area contributed by atoms with Crippen LogP contribution in [-0.4, -0.2) is 16.1 Å². The molecule has 5 heteroatoms. The van der Waals surface area contributed by atoms with Crippen molar-refractivity contribution >= 4 is 28.3 Å². The molecule has 138 valence electrons. The normalized spacial score (nSPS) is 11.0. The number of nitrogens with zero attached hydrogens (tertiary/aromatic N) is 2. The zero-order chi connectivity index (χ0) is 19.8. The highest BCUT2D eigenvalue weighted by atomic mass is 35.5. The average molecular weight is 388 g/mol. The van der Waals surface area contributed by atoms with E-state index in [-0.39, 0.29) is 0 Å². The van der Waals surface area contributed by atoms with Crippen molar-refractivity contribution < 1.29 is 4.79 Å². The molecule has 0 aliphatic carbocycles. The number of rotatable bonds is 3. The number of amides is 1. The minimum Gasteiger partial charge on any atom is -0.366 e. The fraction of sp³-hybridized carbons (Fsp3) is 0.0870. The second kappa shape index (κ2) is 7.06. The van der Waals surface area contributed by atoms with Gasteiger partial charge in [-0.05, 0) is 66.4 Å². The van der Waals surface area contributed by atoms with Crippen LogP contribution in [0.1, 0.15) is 21.5 Å². The summed E-state index contributed by atoms with van der Waals surface area (Å²) in [6.45, 7) is 4.02. The van der Waals surface area contributed by atoms with Gasteiger partial charge in [-0.1, -0.05) is 35.9 Å². The molecule has 1 amide bonds. The Balaban J connectivity index is 1.88. The first-order chi connectivity index (χ1) is 13.4. The van der Waals surface area contributed by atoms with Gasteiger partial charge in [-0.25, -0.2) is 0 Å². The summed E-state index contributed by atoms with van der Waals surface area (Å²) in [5, 5.41) is 11.2. The summed E-state index contributed by atoms with van der Waals surface area (Å²) in [6, 6.07) is 17.4. The zero-order valence-corrected chi connectivity index (χ0v) is 16.3. The van der Waals surface area contributed by atoms with Crippen molar-refractivity contribution in [1.82, 2.24) is 10.2 Å². The lowest BCUT2D eigenvalue weighted by molar-refractivity contribution is 0.100. The number of carbonyl (C=O) groups is 1. The van der Waals surface area contributed by atoms with Crippen LogP contribution in [0.3, 0.4) is 0 Å². The van der Waals surface area contributed by atoms with Crippen LogP contribution >= 0.6 is 11.6 Å². The van der Waals surface area contributed by atoms with E-state index in [4.69, 9.17) is 17.3 Å². The molecule has 0 radical (unpaired) electrons. The lowest BCUT2D eigenvalue weighted by Crippen LogP contribution is -2.10. The molecular weight excluding hydrogens is 370 g/mol. The SMILES string of the molecule is Cc1ccc(C(N)=O)cc1-c1ccc2c(-c3ccc(Cl)cc3C)nncc2c1. The monoisotopic (exact) mass is 387 g/mol. The van der Waals surface area contributed by atoms with Gasteiger partial charge in [0.1, 0.15) is 5.69 Å². The number of hydrogen-bond acceptors (Lipinski definition) is 3. The molecule has 0 aliphatic heterocycles. The number of nitrogens with two attached hydrogens (primary N) is 1. The maximum atomic E-state index is 11.6. The highest BCUT2D eigenvalue weighted by molar-refractivity contribution is 6.30. The largest absolute Gasteiger partial charge is 0.366 e. The molecule has 0 aliphatic rings. The van der Waals surface area contributed by atoms with E-state index in [0.717, 1.165) is 44.3 Å². The van der Waals surface area contributed by atoms with E-state index in [2.05, 4.69) is 16.3 Å². The minimum absolute atomic E-state index is 0.437. The topological polar surface area (TPSA) is 68.9 Å². The molecule has 28 heavy (non-hydrogen) atoms. The standard InChI is InChI=1S/C23H18ClN3O/c1-13-3-4-16(23(25)28)11-21(13)15-5-7-20-17(10-15)12-26-27-22(20)19-8-6-18(24)9-14(19)2/h3-12H,1-2H3,(H2,25,28). The first-order valence-electron chi connectivity index (χ1n) is 8.87. The first-order valence-corrected chi connectivity index (χ1v) is 9.24. The third-order valence-electron chi connectivity index (χ3n) is 4.94. The van der Waals surface area contributed by atoms with Gasteiger partial charge >= 0.3 is 0 Å². The fourth-order valence-corrected chi connectivity index (χ4v) is 3.66. The Morgan fingerprint density at radius 1 is 0.929 bits per heavy atom. The van der Waals surface area contributed by atoms with E-state index in [1.54, 1.807) is 12.3 Å². The molecule has 0 atom stereocenters. The Kier molecular flexibility index (Phi) is 4.57. The van der Waals surface area contributed by atoms with Gasteiger partial charge in [0.05, 0.1) is 6.20 Å². The molecule has 1 heterocycles. The summed E-state index contributed by atoms with van der Waals surface area (Å²) in [7, 11) is 0. The maximum Gasteiger partial charge on any atom is 0.248 e. The molecule has 1 aromatic heterocycles. The van der Waals surface area contributed by atoms with Crippen LogP contribution < -0.4 is 5.73 Å². The van der Waals surface area contributed by atoms with E-state index >= 15 is 0 Å². The smallest absolute Gasteiger partial charge is 0.248 e. The lowest BCUT2D eigenvalue weighted by atomic mass is 9.95. The van der Waals surface area contributed by atoms with Crippen molar-refractivity contribution in [2.24, 2.45) is 5.73 Å². The zero-order valence-electron chi connectivity index (χ0n) is 15.5. The molecule has 0 unspecified atom stereocenters. The Morgan fingerprint density at radius 3 is 2.50 bits per heavy atom. The highest BCUT2D eigenvalue weighted by Gasteiger charge is 2.12. The van der Waals surface area contributed by atoms with Gasteiger partial charge in [0.15, 0.2) is 0 Å². The number of hydrogen-bond donors (Lipinski definition) is 1. The molecule has 2 N–H and O–H groups in total. The van der Waals surface area contributed by atoms with Crippen molar-refractivity contribution in [3.63, 3.8) is 0 Å². The van der Waals surface area contributed by atoms with Crippen molar-refractivity contribution in [3.8, 4) is 22.4 Å². The van der Waals surface area contributed by atoms with Crippen LogP contribution in [0.4, 0.5) is 0 Å². The Hall–Kier alpha value is -3.24. The Morgan fingerprint density at radius 2 is 1.75 bits per heavy atom. The molecule has 0 saturated carbocycles. The molecule has 4 rings (SSSR count). The van der Waals surface area contributed by atoms with Gasteiger partial charge in [0.25, 0.3) is 0 Å². The quantitative estimate of drug-likeness (QED) is 0.516. The number of carbonyl (C=O) groups excluding carboxylic acids is 1. The van der Waals surface area contributed by atoms with Gasteiger partial charge in [-0.15, -0.1) is 5.10 Å². The molecule has 0 saturated heterocycles. The Bertz CT molecular complexity index is 1230. The summed E-state index contributed by atoms with van der Waals surface area (Å²) >= 11 is 6.09.